The molecule has 0 saturated heterocycles. The van der Waals surface area contributed by atoms with Crippen LogP contribution >= 0.6 is 0 Å². The van der Waals surface area contributed by atoms with Crippen molar-refractivity contribution >= 4 is 11.7 Å². The molecule has 0 bridgehead atoms. The van der Waals surface area contributed by atoms with E-state index in [9.17, 15) is 9.90 Å². The summed E-state index contributed by atoms with van der Waals surface area (Å²) in [6.07, 6.45) is 2.00. The van der Waals surface area contributed by atoms with Crippen LogP contribution in [0.4, 0.5) is 5.69 Å². The summed E-state index contributed by atoms with van der Waals surface area (Å²) in [5, 5.41) is 12.6. The quantitative estimate of drug-likeness (QED) is 0.840. The van der Waals surface area contributed by atoms with Crippen molar-refractivity contribution in [1.82, 2.24) is 0 Å². The third-order valence-electron chi connectivity index (χ3n) is 3.61. The molecule has 0 spiro atoms. The molecule has 1 saturated carbocycles. The second kappa shape index (κ2) is 4.06. The zero-order valence-electron chi connectivity index (χ0n) is 10.6. The van der Waals surface area contributed by atoms with Crippen LogP contribution < -0.4 is 5.32 Å². The summed E-state index contributed by atoms with van der Waals surface area (Å²) in [6, 6.07) is 6.04. The van der Waals surface area contributed by atoms with Gasteiger partial charge in [0.15, 0.2) is 0 Å². The summed E-state index contributed by atoms with van der Waals surface area (Å²) in [7, 11) is 0. The number of benzene rings is 1. The van der Waals surface area contributed by atoms with E-state index in [2.05, 4.69) is 11.4 Å². The highest BCUT2D eigenvalue weighted by Crippen LogP contribution is 2.42. The Hall–Kier alpha value is -1.51. The first-order chi connectivity index (χ1) is 7.93. The average Bonchev–Trinajstić information content (AvgIpc) is 3.05. The van der Waals surface area contributed by atoms with Gasteiger partial charge in [-0.1, -0.05) is 17.7 Å². The number of hydrogen-bond donors (Lipinski definition) is 2. The minimum Gasteiger partial charge on any atom is -0.480 e. The van der Waals surface area contributed by atoms with Crippen molar-refractivity contribution < 1.29 is 9.90 Å². The van der Waals surface area contributed by atoms with Crippen molar-refractivity contribution in [1.29, 1.82) is 0 Å². The number of carboxylic acid groups (broad SMARTS) is 1. The number of aryl methyl sites for hydroxylation is 2. The molecular formula is C14H19NO2. The number of anilines is 1. The molecule has 0 heterocycles. The lowest BCUT2D eigenvalue weighted by Crippen LogP contribution is -2.45. The van der Waals surface area contributed by atoms with Crippen LogP contribution in [0.25, 0.3) is 0 Å². The summed E-state index contributed by atoms with van der Waals surface area (Å²) in [5.74, 6) is -0.513. The number of rotatable bonds is 4. The minimum absolute atomic E-state index is 0.251. The average molecular weight is 233 g/mol. The van der Waals surface area contributed by atoms with E-state index in [0.717, 1.165) is 24.1 Å². The Balaban J connectivity index is 2.26. The van der Waals surface area contributed by atoms with Crippen LogP contribution in [0, 0.1) is 19.8 Å². The second-order valence-corrected chi connectivity index (χ2v) is 5.23. The van der Waals surface area contributed by atoms with E-state index in [0.29, 0.717) is 0 Å². The highest BCUT2D eigenvalue weighted by Gasteiger charge is 2.47. The van der Waals surface area contributed by atoms with E-state index in [-0.39, 0.29) is 5.92 Å². The highest BCUT2D eigenvalue weighted by molar-refractivity contribution is 5.83. The van der Waals surface area contributed by atoms with Gasteiger partial charge in [-0.2, -0.15) is 0 Å². The Labute approximate surface area is 102 Å². The van der Waals surface area contributed by atoms with E-state index < -0.39 is 11.5 Å². The maximum atomic E-state index is 11.4. The lowest BCUT2D eigenvalue weighted by atomic mass is 9.95. The molecule has 1 fully saturated rings. The first-order valence-electron chi connectivity index (χ1n) is 6.02. The second-order valence-electron chi connectivity index (χ2n) is 5.23. The number of aliphatic carboxylic acids is 1. The molecule has 0 aliphatic heterocycles. The van der Waals surface area contributed by atoms with Crippen LogP contribution in [-0.4, -0.2) is 16.6 Å². The van der Waals surface area contributed by atoms with Crippen LogP contribution in [-0.2, 0) is 4.79 Å². The number of carbonyl (C=O) groups is 1. The molecule has 3 nitrogen and oxygen atoms in total. The molecule has 17 heavy (non-hydrogen) atoms. The molecule has 1 aliphatic rings. The zero-order valence-corrected chi connectivity index (χ0v) is 10.6. The largest absolute Gasteiger partial charge is 0.480 e. The van der Waals surface area contributed by atoms with Gasteiger partial charge in [0.05, 0.1) is 0 Å². The number of hydrogen-bond acceptors (Lipinski definition) is 2. The van der Waals surface area contributed by atoms with Gasteiger partial charge >= 0.3 is 5.97 Å². The molecule has 0 radical (unpaired) electrons. The van der Waals surface area contributed by atoms with Crippen molar-refractivity contribution in [2.75, 3.05) is 5.32 Å². The van der Waals surface area contributed by atoms with E-state index in [1.807, 2.05) is 26.0 Å². The van der Waals surface area contributed by atoms with E-state index in [1.165, 1.54) is 5.56 Å². The normalized spacial score (nSPS) is 18.5. The summed E-state index contributed by atoms with van der Waals surface area (Å²) in [6.45, 7) is 5.82. The van der Waals surface area contributed by atoms with Crippen LogP contribution in [0.3, 0.4) is 0 Å². The van der Waals surface area contributed by atoms with Crippen LogP contribution in [0.15, 0.2) is 18.2 Å². The first kappa shape index (κ1) is 12.0. The Morgan fingerprint density at radius 3 is 2.53 bits per heavy atom. The third-order valence-corrected chi connectivity index (χ3v) is 3.61. The fourth-order valence-corrected chi connectivity index (χ4v) is 2.22. The standard InChI is InChI=1S/C14H19NO2/c1-9-4-7-12(10(2)8-9)15-14(3,13(16)17)11-5-6-11/h4,7-8,11,15H,5-6H2,1-3H3,(H,16,17). The Bertz CT molecular complexity index is 452. The summed E-state index contributed by atoms with van der Waals surface area (Å²) < 4.78 is 0. The van der Waals surface area contributed by atoms with Gasteiger partial charge in [-0.05, 0) is 51.2 Å². The summed E-state index contributed by atoms with van der Waals surface area (Å²) in [5.41, 5.74) is 2.38. The van der Waals surface area contributed by atoms with Crippen molar-refractivity contribution in [3.8, 4) is 0 Å². The minimum atomic E-state index is -0.833. The fraction of sp³-hybridized carbons (Fsp3) is 0.500. The molecule has 1 aromatic carbocycles. The molecule has 3 heteroatoms. The van der Waals surface area contributed by atoms with Crippen molar-refractivity contribution in [2.24, 2.45) is 5.92 Å². The van der Waals surface area contributed by atoms with Gasteiger partial charge in [-0.25, -0.2) is 4.79 Å². The predicted molar refractivity (Wildman–Crippen MR) is 68.3 cm³/mol. The molecule has 92 valence electrons. The Morgan fingerprint density at radius 2 is 2.06 bits per heavy atom. The Kier molecular flexibility index (Phi) is 2.86. The van der Waals surface area contributed by atoms with Gasteiger partial charge in [0.2, 0.25) is 0 Å². The van der Waals surface area contributed by atoms with Crippen molar-refractivity contribution in [3.05, 3.63) is 29.3 Å². The highest BCUT2D eigenvalue weighted by atomic mass is 16.4. The fourth-order valence-electron chi connectivity index (χ4n) is 2.22. The summed E-state index contributed by atoms with van der Waals surface area (Å²) >= 11 is 0. The maximum absolute atomic E-state index is 11.4. The first-order valence-corrected chi connectivity index (χ1v) is 6.02. The van der Waals surface area contributed by atoms with Crippen LogP contribution in [0.2, 0.25) is 0 Å². The van der Waals surface area contributed by atoms with Crippen molar-refractivity contribution in [3.63, 3.8) is 0 Å². The number of carboxylic acids is 1. The molecular weight excluding hydrogens is 214 g/mol. The number of nitrogens with one attached hydrogen (secondary N) is 1. The lowest BCUT2D eigenvalue weighted by molar-refractivity contribution is -0.142. The maximum Gasteiger partial charge on any atom is 0.329 e. The van der Waals surface area contributed by atoms with E-state index in [4.69, 9.17) is 0 Å². The third kappa shape index (κ3) is 2.28. The van der Waals surface area contributed by atoms with Crippen LogP contribution in [0.5, 0.6) is 0 Å². The van der Waals surface area contributed by atoms with Gasteiger partial charge in [0.25, 0.3) is 0 Å². The zero-order chi connectivity index (χ0) is 12.6. The molecule has 1 aromatic rings. The van der Waals surface area contributed by atoms with Crippen molar-refractivity contribution in [2.45, 2.75) is 39.2 Å². The Morgan fingerprint density at radius 1 is 1.41 bits per heavy atom. The molecule has 2 rings (SSSR count). The van der Waals surface area contributed by atoms with Gasteiger partial charge in [-0.15, -0.1) is 0 Å². The van der Waals surface area contributed by atoms with Gasteiger partial charge in [-0.3, -0.25) is 0 Å². The van der Waals surface area contributed by atoms with Crippen LogP contribution in [0.1, 0.15) is 30.9 Å². The van der Waals surface area contributed by atoms with Gasteiger partial charge in [0, 0.05) is 5.69 Å². The van der Waals surface area contributed by atoms with Gasteiger partial charge < -0.3 is 10.4 Å². The smallest absolute Gasteiger partial charge is 0.329 e. The molecule has 1 unspecified atom stereocenters. The molecule has 2 N–H and O–H groups in total. The molecule has 0 aromatic heterocycles. The van der Waals surface area contributed by atoms with E-state index in [1.54, 1.807) is 6.92 Å². The topological polar surface area (TPSA) is 49.3 Å². The molecule has 0 amide bonds. The lowest BCUT2D eigenvalue weighted by Gasteiger charge is -2.28. The SMILES string of the molecule is Cc1ccc(NC(C)(C(=O)O)C2CC2)c(C)c1. The van der Waals surface area contributed by atoms with Gasteiger partial charge in [0.1, 0.15) is 5.54 Å². The molecule has 1 atom stereocenters. The predicted octanol–water partition coefficient (Wildman–Crippen LogP) is 2.97. The van der Waals surface area contributed by atoms with E-state index >= 15 is 0 Å². The summed E-state index contributed by atoms with van der Waals surface area (Å²) in [4.78, 5) is 11.4. The molecule has 1 aliphatic carbocycles. The monoisotopic (exact) mass is 233 g/mol.